The Morgan fingerprint density at radius 1 is 1.82 bits per heavy atom. The van der Waals surface area contributed by atoms with Gasteiger partial charge in [-0.1, -0.05) is 6.92 Å². The number of amides is 2. The molecule has 0 aromatic heterocycles. The van der Waals surface area contributed by atoms with Crippen LogP contribution in [0.25, 0.3) is 0 Å². The molecule has 4 heteroatoms. The van der Waals surface area contributed by atoms with E-state index in [9.17, 15) is 4.79 Å². The molecule has 0 aromatic carbocycles. The highest BCUT2D eigenvalue weighted by Gasteiger charge is 2.33. The van der Waals surface area contributed by atoms with E-state index < -0.39 is 0 Å². The largest absolute Gasteiger partial charge is 0.333 e. The van der Waals surface area contributed by atoms with Gasteiger partial charge < -0.3 is 4.90 Å². The summed E-state index contributed by atoms with van der Waals surface area (Å²) in [6.45, 7) is 2.55. The van der Waals surface area contributed by atoms with Crippen molar-refractivity contribution in [1.82, 2.24) is 9.80 Å². The lowest BCUT2D eigenvalue weighted by atomic mass is 10.2. The van der Waals surface area contributed by atoms with E-state index in [-0.39, 0.29) is 12.1 Å². The van der Waals surface area contributed by atoms with Crippen molar-refractivity contribution in [2.75, 3.05) is 13.6 Å². The van der Waals surface area contributed by atoms with E-state index in [2.05, 4.69) is 0 Å². The van der Waals surface area contributed by atoms with Gasteiger partial charge in [-0.25, -0.2) is 9.69 Å². The first kappa shape index (κ1) is 7.86. The van der Waals surface area contributed by atoms with Gasteiger partial charge in [0.25, 0.3) is 0 Å². The molecule has 1 heterocycles. The minimum Gasteiger partial charge on any atom is -0.322 e. The summed E-state index contributed by atoms with van der Waals surface area (Å²) >= 11 is 0. The molecule has 0 aromatic rings. The maximum absolute atomic E-state index is 11.1. The Hall–Kier alpha value is -1.24. The van der Waals surface area contributed by atoms with Crippen molar-refractivity contribution in [3.8, 4) is 6.19 Å². The highest BCUT2D eigenvalue weighted by molar-refractivity contribution is 5.78. The Morgan fingerprint density at radius 3 is 2.73 bits per heavy atom. The van der Waals surface area contributed by atoms with E-state index in [1.54, 1.807) is 11.9 Å². The van der Waals surface area contributed by atoms with Crippen LogP contribution in [0.1, 0.15) is 13.3 Å². The van der Waals surface area contributed by atoms with Crippen LogP contribution in [0.3, 0.4) is 0 Å². The van der Waals surface area contributed by atoms with Crippen molar-refractivity contribution < 1.29 is 4.79 Å². The van der Waals surface area contributed by atoms with Gasteiger partial charge in [-0.3, -0.25) is 0 Å². The van der Waals surface area contributed by atoms with Crippen LogP contribution in [0.15, 0.2) is 0 Å². The first-order valence-corrected chi connectivity index (χ1v) is 3.64. The Kier molecular flexibility index (Phi) is 1.99. The molecule has 1 aliphatic rings. The van der Waals surface area contributed by atoms with Crippen molar-refractivity contribution in [2.45, 2.75) is 19.4 Å². The summed E-state index contributed by atoms with van der Waals surface area (Å²) in [5.41, 5.74) is 0. The zero-order valence-corrected chi connectivity index (χ0v) is 6.74. The van der Waals surface area contributed by atoms with Crippen LogP contribution >= 0.6 is 0 Å². The molecule has 2 amide bonds. The third-order valence-electron chi connectivity index (χ3n) is 2.07. The molecule has 0 saturated carbocycles. The van der Waals surface area contributed by atoms with Gasteiger partial charge in [0, 0.05) is 7.05 Å². The van der Waals surface area contributed by atoms with E-state index in [0.717, 1.165) is 6.42 Å². The monoisotopic (exact) mass is 153 g/mol. The molecule has 1 atom stereocenters. The first-order chi connectivity index (χ1) is 5.20. The highest BCUT2D eigenvalue weighted by atomic mass is 16.2. The lowest BCUT2D eigenvalue weighted by Gasteiger charge is -2.14. The quantitative estimate of drug-likeness (QED) is 0.518. The van der Waals surface area contributed by atoms with Crippen molar-refractivity contribution in [3.05, 3.63) is 0 Å². The minimum atomic E-state index is -0.181. The average Bonchev–Trinajstić information content (AvgIpc) is 2.30. The molecule has 11 heavy (non-hydrogen) atoms. The Balaban J connectivity index is 2.70. The second-order valence-corrected chi connectivity index (χ2v) is 2.67. The minimum absolute atomic E-state index is 0.181. The fourth-order valence-corrected chi connectivity index (χ4v) is 1.24. The molecular weight excluding hydrogens is 142 g/mol. The summed E-state index contributed by atoms with van der Waals surface area (Å²) in [4.78, 5) is 13.9. The van der Waals surface area contributed by atoms with Crippen LogP contribution in [-0.2, 0) is 0 Å². The van der Waals surface area contributed by atoms with Crippen molar-refractivity contribution in [3.63, 3.8) is 0 Å². The van der Waals surface area contributed by atoms with Gasteiger partial charge in [-0.05, 0) is 6.42 Å². The van der Waals surface area contributed by atoms with Gasteiger partial charge in [0.2, 0.25) is 0 Å². The van der Waals surface area contributed by atoms with E-state index in [1.165, 1.54) is 4.90 Å². The van der Waals surface area contributed by atoms with Gasteiger partial charge in [0.1, 0.15) is 0 Å². The smallest absolute Gasteiger partial charge is 0.322 e. The van der Waals surface area contributed by atoms with Gasteiger partial charge in [0.15, 0.2) is 6.19 Å². The zero-order valence-electron chi connectivity index (χ0n) is 6.74. The molecule has 0 bridgehead atoms. The van der Waals surface area contributed by atoms with Crippen LogP contribution in [0.4, 0.5) is 4.79 Å². The zero-order chi connectivity index (χ0) is 8.43. The number of nitrogens with zero attached hydrogens (tertiary/aromatic N) is 3. The molecule has 0 spiro atoms. The standard InChI is InChI=1S/C7H11N3O/c1-3-6-4-10(5-8)7(11)9(6)2/h6H,3-4H2,1-2H3. The van der Waals surface area contributed by atoms with Crippen LogP contribution in [0, 0.1) is 11.5 Å². The molecule has 1 aliphatic heterocycles. The summed E-state index contributed by atoms with van der Waals surface area (Å²) in [5.74, 6) is 0. The van der Waals surface area contributed by atoms with Crippen molar-refractivity contribution in [2.24, 2.45) is 0 Å². The molecule has 4 nitrogen and oxygen atoms in total. The second kappa shape index (κ2) is 2.79. The lowest BCUT2D eigenvalue weighted by Crippen LogP contribution is -2.29. The maximum Gasteiger partial charge on any atom is 0.333 e. The Labute approximate surface area is 66.0 Å². The summed E-state index contributed by atoms with van der Waals surface area (Å²) in [6.07, 6.45) is 2.75. The second-order valence-electron chi connectivity index (χ2n) is 2.67. The third kappa shape index (κ3) is 1.14. The predicted molar refractivity (Wildman–Crippen MR) is 39.6 cm³/mol. The fourth-order valence-electron chi connectivity index (χ4n) is 1.24. The molecule has 60 valence electrons. The van der Waals surface area contributed by atoms with Crippen LogP contribution in [-0.4, -0.2) is 35.5 Å². The van der Waals surface area contributed by atoms with Crippen LogP contribution in [0.2, 0.25) is 0 Å². The Morgan fingerprint density at radius 2 is 2.45 bits per heavy atom. The van der Waals surface area contributed by atoms with Gasteiger partial charge >= 0.3 is 6.03 Å². The molecule has 0 radical (unpaired) electrons. The van der Waals surface area contributed by atoms with E-state index >= 15 is 0 Å². The molecule has 0 aliphatic carbocycles. The first-order valence-electron chi connectivity index (χ1n) is 3.64. The number of likely N-dealkylation sites (N-methyl/N-ethyl adjacent to an activating group) is 1. The average molecular weight is 153 g/mol. The van der Waals surface area contributed by atoms with Crippen LogP contribution in [0.5, 0.6) is 0 Å². The lowest BCUT2D eigenvalue weighted by molar-refractivity contribution is 0.205. The molecule has 1 unspecified atom stereocenters. The summed E-state index contributed by atoms with van der Waals surface area (Å²) < 4.78 is 0. The maximum atomic E-state index is 11.1. The molecular formula is C7H11N3O. The highest BCUT2D eigenvalue weighted by Crippen LogP contribution is 2.14. The number of carbonyl (C=O) groups excluding carboxylic acids is 1. The Bertz CT molecular complexity index is 208. The normalized spacial score (nSPS) is 24.1. The van der Waals surface area contributed by atoms with E-state index in [4.69, 9.17) is 5.26 Å². The molecule has 1 saturated heterocycles. The number of urea groups is 1. The predicted octanol–water partition coefficient (Wildman–Crippen LogP) is 0.613. The van der Waals surface area contributed by atoms with Crippen LogP contribution < -0.4 is 0 Å². The topological polar surface area (TPSA) is 47.3 Å². The van der Waals surface area contributed by atoms with E-state index in [0.29, 0.717) is 6.54 Å². The number of carbonyl (C=O) groups is 1. The van der Waals surface area contributed by atoms with E-state index in [1.807, 2.05) is 13.1 Å². The van der Waals surface area contributed by atoms with Gasteiger partial charge in [-0.2, -0.15) is 5.26 Å². The van der Waals surface area contributed by atoms with Crippen molar-refractivity contribution >= 4 is 6.03 Å². The number of rotatable bonds is 1. The molecule has 1 fully saturated rings. The SMILES string of the molecule is CCC1CN(C#N)C(=O)N1C. The summed E-state index contributed by atoms with van der Waals surface area (Å²) in [7, 11) is 1.73. The van der Waals surface area contributed by atoms with Gasteiger partial charge in [-0.15, -0.1) is 0 Å². The van der Waals surface area contributed by atoms with Gasteiger partial charge in [0.05, 0.1) is 12.6 Å². The molecule has 1 rings (SSSR count). The van der Waals surface area contributed by atoms with Crippen molar-refractivity contribution in [1.29, 1.82) is 5.26 Å². The molecule has 0 N–H and O–H groups in total. The number of hydrogen-bond acceptors (Lipinski definition) is 2. The number of nitriles is 1. The summed E-state index contributed by atoms with van der Waals surface area (Å²) in [5, 5.41) is 8.50. The number of hydrogen-bond donors (Lipinski definition) is 0. The fraction of sp³-hybridized carbons (Fsp3) is 0.714. The summed E-state index contributed by atoms with van der Waals surface area (Å²) in [6, 6.07) is 0.0292. The third-order valence-corrected chi connectivity index (χ3v) is 2.07.